The van der Waals surface area contributed by atoms with Crippen LogP contribution in [0.2, 0.25) is 0 Å². The van der Waals surface area contributed by atoms with Gasteiger partial charge in [0.1, 0.15) is 12.2 Å². The standard InChI is InChI=1S/C22H22O7/c1-12-6-16-15(10-20(23)29-17(16)7-13(12)2)11-28-22(24)14-8-18(25-3)21(27-5)19(9-14)26-4/h6-10H,11H2,1-5H3. The molecule has 1 aromatic heterocycles. The second kappa shape index (κ2) is 8.26. The second-order valence-corrected chi connectivity index (χ2v) is 6.51. The predicted molar refractivity (Wildman–Crippen MR) is 107 cm³/mol. The Kier molecular flexibility index (Phi) is 5.77. The van der Waals surface area contributed by atoms with E-state index in [1.54, 1.807) is 6.07 Å². The molecular formula is C22H22O7. The molecule has 0 atom stereocenters. The molecule has 0 fully saturated rings. The van der Waals surface area contributed by atoms with Gasteiger partial charge in [0.05, 0.1) is 26.9 Å². The summed E-state index contributed by atoms with van der Waals surface area (Å²) in [5.41, 5.74) is 2.81. The van der Waals surface area contributed by atoms with Crippen LogP contribution in [-0.2, 0) is 11.3 Å². The molecule has 0 bridgehead atoms. The van der Waals surface area contributed by atoms with Gasteiger partial charge in [0, 0.05) is 17.0 Å². The number of ether oxygens (including phenoxy) is 4. The number of carbonyl (C=O) groups is 1. The summed E-state index contributed by atoms with van der Waals surface area (Å²) < 4.78 is 26.5. The lowest BCUT2D eigenvalue weighted by molar-refractivity contribution is 0.0473. The average molecular weight is 398 g/mol. The van der Waals surface area contributed by atoms with Crippen LogP contribution in [0.4, 0.5) is 0 Å². The molecule has 3 aromatic rings. The van der Waals surface area contributed by atoms with E-state index >= 15 is 0 Å². The van der Waals surface area contributed by atoms with E-state index in [0.717, 1.165) is 16.5 Å². The Hall–Kier alpha value is -3.48. The minimum Gasteiger partial charge on any atom is -0.493 e. The minimum absolute atomic E-state index is 0.0832. The van der Waals surface area contributed by atoms with Crippen molar-refractivity contribution in [1.82, 2.24) is 0 Å². The topological polar surface area (TPSA) is 84.2 Å². The highest BCUT2D eigenvalue weighted by molar-refractivity contribution is 5.91. The summed E-state index contributed by atoms with van der Waals surface area (Å²) in [4.78, 5) is 24.5. The van der Waals surface area contributed by atoms with Gasteiger partial charge >= 0.3 is 11.6 Å². The Bertz CT molecular complexity index is 1100. The molecule has 7 nitrogen and oxygen atoms in total. The molecule has 0 spiro atoms. The van der Waals surface area contributed by atoms with Gasteiger partial charge < -0.3 is 23.4 Å². The van der Waals surface area contributed by atoms with Gasteiger partial charge in [0.2, 0.25) is 5.75 Å². The molecule has 1 heterocycles. The lowest BCUT2D eigenvalue weighted by Gasteiger charge is -2.14. The van der Waals surface area contributed by atoms with Gasteiger partial charge in [0.25, 0.3) is 0 Å². The second-order valence-electron chi connectivity index (χ2n) is 6.51. The first-order valence-corrected chi connectivity index (χ1v) is 8.89. The van der Waals surface area contributed by atoms with E-state index in [1.165, 1.54) is 39.5 Å². The van der Waals surface area contributed by atoms with E-state index in [2.05, 4.69) is 0 Å². The number of fused-ring (bicyclic) bond motifs is 1. The van der Waals surface area contributed by atoms with Crippen molar-refractivity contribution in [3.05, 3.63) is 63.0 Å². The SMILES string of the molecule is COc1cc(C(=O)OCc2cc(=O)oc3cc(C)c(C)cc23)cc(OC)c1OC. The number of methoxy groups -OCH3 is 3. The van der Waals surface area contributed by atoms with E-state index in [0.29, 0.717) is 28.4 Å². The van der Waals surface area contributed by atoms with Gasteiger partial charge in [-0.25, -0.2) is 9.59 Å². The molecule has 152 valence electrons. The van der Waals surface area contributed by atoms with Gasteiger partial charge in [0.15, 0.2) is 11.5 Å². The van der Waals surface area contributed by atoms with Crippen molar-refractivity contribution >= 4 is 16.9 Å². The third kappa shape index (κ3) is 4.03. The van der Waals surface area contributed by atoms with E-state index in [1.807, 2.05) is 19.9 Å². The number of rotatable bonds is 6. The van der Waals surface area contributed by atoms with Crippen molar-refractivity contribution in [2.24, 2.45) is 0 Å². The Labute approximate surface area is 167 Å². The number of hydrogen-bond donors (Lipinski definition) is 0. The molecule has 0 amide bonds. The zero-order chi connectivity index (χ0) is 21.1. The number of aryl methyl sites for hydroxylation is 2. The van der Waals surface area contributed by atoms with E-state index in [9.17, 15) is 9.59 Å². The maximum atomic E-state index is 12.6. The summed E-state index contributed by atoms with van der Waals surface area (Å²) in [7, 11) is 4.41. The van der Waals surface area contributed by atoms with Crippen LogP contribution in [0.15, 0.2) is 39.5 Å². The Morgan fingerprint density at radius 1 is 0.897 bits per heavy atom. The highest BCUT2D eigenvalue weighted by Gasteiger charge is 2.18. The first-order valence-electron chi connectivity index (χ1n) is 8.89. The van der Waals surface area contributed by atoms with Gasteiger partial charge in [-0.1, -0.05) is 0 Å². The number of benzene rings is 2. The molecule has 0 N–H and O–H groups in total. The fourth-order valence-corrected chi connectivity index (χ4v) is 3.03. The normalized spacial score (nSPS) is 10.7. The van der Waals surface area contributed by atoms with Crippen molar-refractivity contribution in [2.75, 3.05) is 21.3 Å². The molecule has 0 radical (unpaired) electrons. The van der Waals surface area contributed by atoms with Gasteiger partial charge in [-0.05, 0) is 49.2 Å². The molecular weight excluding hydrogens is 376 g/mol. The first-order chi connectivity index (χ1) is 13.9. The summed E-state index contributed by atoms with van der Waals surface area (Å²) in [6.45, 7) is 3.82. The molecule has 2 aromatic carbocycles. The van der Waals surface area contributed by atoms with Gasteiger partial charge in [-0.3, -0.25) is 0 Å². The van der Waals surface area contributed by atoms with Crippen molar-refractivity contribution in [1.29, 1.82) is 0 Å². The highest BCUT2D eigenvalue weighted by atomic mass is 16.5. The molecule has 0 aliphatic rings. The maximum Gasteiger partial charge on any atom is 0.338 e. The van der Waals surface area contributed by atoms with E-state index in [4.69, 9.17) is 23.4 Å². The molecule has 0 aliphatic carbocycles. The summed E-state index contributed by atoms with van der Waals surface area (Å²) in [6, 6.07) is 8.07. The quantitative estimate of drug-likeness (QED) is 0.461. The fourth-order valence-electron chi connectivity index (χ4n) is 3.03. The molecule has 29 heavy (non-hydrogen) atoms. The highest BCUT2D eigenvalue weighted by Crippen LogP contribution is 2.38. The van der Waals surface area contributed by atoms with Crippen LogP contribution in [0, 0.1) is 13.8 Å². The summed E-state index contributed by atoms with van der Waals surface area (Å²) in [5.74, 6) is 0.477. The summed E-state index contributed by atoms with van der Waals surface area (Å²) in [6.07, 6.45) is 0. The molecule has 7 heteroatoms. The number of esters is 1. The van der Waals surface area contributed by atoms with Crippen molar-refractivity contribution in [3.8, 4) is 17.2 Å². The molecule has 0 saturated carbocycles. The Balaban J connectivity index is 1.92. The van der Waals surface area contributed by atoms with Crippen LogP contribution in [0.25, 0.3) is 11.0 Å². The minimum atomic E-state index is -0.588. The monoisotopic (exact) mass is 398 g/mol. The lowest BCUT2D eigenvalue weighted by atomic mass is 10.0. The third-order valence-electron chi connectivity index (χ3n) is 4.70. The first kappa shape index (κ1) is 20.3. The van der Waals surface area contributed by atoms with Gasteiger partial charge in [-0.2, -0.15) is 0 Å². The van der Waals surface area contributed by atoms with E-state index in [-0.39, 0.29) is 12.2 Å². The molecule has 0 saturated heterocycles. The van der Waals surface area contributed by atoms with Crippen LogP contribution in [-0.4, -0.2) is 27.3 Å². The van der Waals surface area contributed by atoms with Crippen LogP contribution in [0.3, 0.4) is 0 Å². The maximum absolute atomic E-state index is 12.6. The Morgan fingerprint density at radius 3 is 2.10 bits per heavy atom. The van der Waals surface area contributed by atoms with Crippen LogP contribution >= 0.6 is 0 Å². The average Bonchev–Trinajstić information content (AvgIpc) is 2.71. The van der Waals surface area contributed by atoms with Crippen LogP contribution < -0.4 is 19.8 Å². The molecule has 0 aliphatic heterocycles. The van der Waals surface area contributed by atoms with Crippen LogP contribution in [0.5, 0.6) is 17.2 Å². The van der Waals surface area contributed by atoms with E-state index < -0.39 is 11.6 Å². The third-order valence-corrected chi connectivity index (χ3v) is 4.70. The van der Waals surface area contributed by atoms with Crippen molar-refractivity contribution < 1.29 is 28.2 Å². The largest absolute Gasteiger partial charge is 0.493 e. The van der Waals surface area contributed by atoms with Crippen LogP contribution in [0.1, 0.15) is 27.0 Å². The fraction of sp³-hybridized carbons (Fsp3) is 0.273. The van der Waals surface area contributed by atoms with Crippen molar-refractivity contribution in [2.45, 2.75) is 20.5 Å². The summed E-state index contributed by atoms with van der Waals surface area (Å²) >= 11 is 0. The number of hydrogen-bond acceptors (Lipinski definition) is 7. The van der Waals surface area contributed by atoms with Crippen molar-refractivity contribution in [3.63, 3.8) is 0 Å². The smallest absolute Gasteiger partial charge is 0.338 e. The summed E-state index contributed by atoms with van der Waals surface area (Å²) in [5, 5.41) is 0.727. The number of carbonyl (C=O) groups excluding carboxylic acids is 1. The van der Waals surface area contributed by atoms with Gasteiger partial charge in [-0.15, -0.1) is 0 Å². The Morgan fingerprint density at radius 2 is 1.52 bits per heavy atom. The zero-order valence-corrected chi connectivity index (χ0v) is 17.0. The molecule has 3 rings (SSSR count). The molecule has 0 unspecified atom stereocenters. The lowest BCUT2D eigenvalue weighted by Crippen LogP contribution is -2.09. The predicted octanol–water partition coefficient (Wildman–Crippen LogP) is 3.79. The zero-order valence-electron chi connectivity index (χ0n) is 17.0.